The van der Waals surface area contributed by atoms with E-state index in [1.54, 1.807) is 6.07 Å². The molecule has 2 unspecified atom stereocenters. The summed E-state index contributed by atoms with van der Waals surface area (Å²) >= 11 is 0. The van der Waals surface area contributed by atoms with Crippen LogP contribution in [0, 0.1) is 0 Å². The third-order valence-electron chi connectivity index (χ3n) is 3.49. The van der Waals surface area contributed by atoms with E-state index in [0.717, 1.165) is 5.56 Å². The van der Waals surface area contributed by atoms with Gasteiger partial charge in [-0.15, -0.1) is 0 Å². The second-order valence-electron chi connectivity index (χ2n) is 5.28. The van der Waals surface area contributed by atoms with Crippen LogP contribution < -0.4 is 10.1 Å². The van der Waals surface area contributed by atoms with Crippen molar-refractivity contribution < 1.29 is 19.1 Å². The molecule has 2 rings (SSSR count). The minimum absolute atomic E-state index is 0.178. The van der Waals surface area contributed by atoms with Gasteiger partial charge in [-0.25, -0.2) is 9.78 Å². The Morgan fingerprint density at radius 3 is 2.38 bits per heavy atom. The number of carbonyl (C=O) groups is 2. The van der Waals surface area contributed by atoms with E-state index < -0.39 is 12.1 Å². The zero-order chi connectivity index (χ0) is 17.5. The number of carbonyl (C=O) groups excluding carboxylic acids is 2. The number of amides is 1. The monoisotopic (exact) mass is 328 g/mol. The predicted octanol–water partition coefficient (Wildman–Crippen LogP) is 2.51. The normalized spacial score (nSPS) is 12.8. The van der Waals surface area contributed by atoms with Crippen LogP contribution in [0.4, 0.5) is 0 Å². The van der Waals surface area contributed by atoms with Gasteiger partial charge < -0.3 is 14.8 Å². The van der Waals surface area contributed by atoms with Crippen molar-refractivity contribution in [3.8, 4) is 5.88 Å². The Bertz CT molecular complexity index is 686. The van der Waals surface area contributed by atoms with E-state index >= 15 is 0 Å². The van der Waals surface area contributed by atoms with Crippen molar-refractivity contribution in [2.24, 2.45) is 0 Å². The fourth-order valence-electron chi connectivity index (χ4n) is 2.06. The molecule has 1 aromatic heterocycles. The van der Waals surface area contributed by atoms with Gasteiger partial charge in [0.2, 0.25) is 5.88 Å². The molecule has 24 heavy (non-hydrogen) atoms. The summed E-state index contributed by atoms with van der Waals surface area (Å²) in [4.78, 5) is 28.1. The van der Waals surface area contributed by atoms with Crippen LogP contribution in [0.15, 0.2) is 48.7 Å². The largest absolute Gasteiger partial charge is 0.481 e. The van der Waals surface area contributed by atoms with Crippen molar-refractivity contribution in [1.29, 1.82) is 0 Å². The number of hydrogen-bond acceptors (Lipinski definition) is 5. The van der Waals surface area contributed by atoms with Crippen LogP contribution in [0.5, 0.6) is 5.88 Å². The molecule has 1 amide bonds. The summed E-state index contributed by atoms with van der Waals surface area (Å²) in [5.41, 5.74) is 1.23. The van der Waals surface area contributed by atoms with Gasteiger partial charge in [-0.2, -0.15) is 0 Å². The van der Waals surface area contributed by atoms with Crippen LogP contribution in [-0.4, -0.2) is 30.1 Å². The van der Waals surface area contributed by atoms with Crippen LogP contribution in [0.2, 0.25) is 0 Å². The molecule has 126 valence electrons. The maximum absolute atomic E-state index is 12.2. The first-order valence-electron chi connectivity index (χ1n) is 7.57. The van der Waals surface area contributed by atoms with Crippen molar-refractivity contribution in [3.63, 3.8) is 0 Å². The average Bonchev–Trinajstić information content (AvgIpc) is 2.62. The van der Waals surface area contributed by atoms with E-state index in [1.165, 1.54) is 26.3 Å². The highest BCUT2D eigenvalue weighted by Gasteiger charge is 2.21. The molecular formula is C18H20N2O4. The van der Waals surface area contributed by atoms with Crippen molar-refractivity contribution >= 4 is 11.9 Å². The Hall–Kier alpha value is -2.89. The van der Waals surface area contributed by atoms with E-state index in [2.05, 4.69) is 10.3 Å². The molecule has 6 nitrogen and oxygen atoms in total. The molecule has 2 atom stereocenters. The standard InChI is InChI=1S/C18H20N2O4/c1-12(14-7-5-4-6-8-14)20-17(21)13(2)24-18(22)15-9-10-16(23-3)19-11-15/h4-13H,1-3H3,(H,20,21). The van der Waals surface area contributed by atoms with Crippen LogP contribution >= 0.6 is 0 Å². The second-order valence-corrected chi connectivity index (χ2v) is 5.28. The number of benzene rings is 1. The third-order valence-corrected chi connectivity index (χ3v) is 3.49. The topological polar surface area (TPSA) is 77.5 Å². The van der Waals surface area contributed by atoms with Gasteiger partial charge in [0.1, 0.15) is 0 Å². The zero-order valence-corrected chi connectivity index (χ0v) is 13.9. The summed E-state index contributed by atoms with van der Waals surface area (Å²) < 4.78 is 10.1. The van der Waals surface area contributed by atoms with Crippen molar-refractivity contribution in [1.82, 2.24) is 10.3 Å². The van der Waals surface area contributed by atoms with E-state index in [-0.39, 0.29) is 17.5 Å². The number of aromatic nitrogens is 1. The lowest BCUT2D eigenvalue weighted by atomic mass is 10.1. The minimum Gasteiger partial charge on any atom is -0.481 e. The lowest BCUT2D eigenvalue weighted by Crippen LogP contribution is -2.37. The molecule has 0 saturated heterocycles. The second kappa shape index (κ2) is 8.10. The van der Waals surface area contributed by atoms with E-state index in [4.69, 9.17) is 9.47 Å². The van der Waals surface area contributed by atoms with Gasteiger partial charge >= 0.3 is 5.97 Å². The Labute approximate surface area is 140 Å². The van der Waals surface area contributed by atoms with Crippen molar-refractivity contribution in [2.75, 3.05) is 7.11 Å². The number of ether oxygens (including phenoxy) is 2. The molecule has 0 aliphatic carbocycles. The average molecular weight is 328 g/mol. The van der Waals surface area contributed by atoms with Crippen LogP contribution in [0.25, 0.3) is 0 Å². The number of methoxy groups -OCH3 is 1. The third kappa shape index (κ3) is 4.55. The molecule has 1 N–H and O–H groups in total. The van der Waals surface area contributed by atoms with Gasteiger partial charge in [-0.05, 0) is 25.5 Å². The molecule has 1 heterocycles. The van der Waals surface area contributed by atoms with Gasteiger partial charge in [0.25, 0.3) is 5.91 Å². The van der Waals surface area contributed by atoms with Crippen LogP contribution in [-0.2, 0) is 9.53 Å². The molecule has 2 aromatic rings. The molecule has 0 bridgehead atoms. The number of rotatable bonds is 6. The van der Waals surface area contributed by atoms with E-state index in [1.807, 2.05) is 37.3 Å². The lowest BCUT2D eigenvalue weighted by Gasteiger charge is -2.18. The number of hydrogen-bond donors (Lipinski definition) is 1. The lowest BCUT2D eigenvalue weighted by molar-refractivity contribution is -0.129. The number of esters is 1. The molecule has 0 saturated carbocycles. The molecule has 0 aliphatic heterocycles. The maximum atomic E-state index is 12.2. The SMILES string of the molecule is COc1ccc(C(=O)OC(C)C(=O)NC(C)c2ccccc2)cn1. The summed E-state index contributed by atoms with van der Waals surface area (Å²) in [5.74, 6) is -0.574. The van der Waals surface area contributed by atoms with Crippen LogP contribution in [0.3, 0.4) is 0 Å². The van der Waals surface area contributed by atoms with Gasteiger partial charge in [0.15, 0.2) is 6.10 Å². The summed E-state index contributed by atoms with van der Waals surface area (Å²) in [7, 11) is 1.49. The number of nitrogens with one attached hydrogen (secondary N) is 1. The summed E-state index contributed by atoms with van der Waals surface area (Å²) in [6.45, 7) is 3.40. The summed E-state index contributed by atoms with van der Waals surface area (Å²) in [6.07, 6.45) is 0.434. The highest BCUT2D eigenvalue weighted by atomic mass is 16.5. The van der Waals surface area contributed by atoms with E-state index in [0.29, 0.717) is 5.88 Å². The number of nitrogens with zero attached hydrogens (tertiary/aromatic N) is 1. The zero-order valence-electron chi connectivity index (χ0n) is 13.9. The molecule has 1 aromatic carbocycles. The maximum Gasteiger partial charge on any atom is 0.340 e. The molecule has 0 fully saturated rings. The molecule has 6 heteroatoms. The van der Waals surface area contributed by atoms with Gasteiger partial charge in [0.05, 0.1) is 18.7 Å². The van der Waals surface area contributed by atoms with Gasteiger partial charge in [0, 0.05) is 12.3 Å². The van der Waals surface area contributed by atoms with Gasteiger partial charge in [-0.3, -0.25) is 4.79 Å². The smallest absolute Gasteiger partial charge is 0.340 e. The Morgan fingerprint density at radius 2 is 1.79 bits per heavy atom. The quantitative estimate of drug-likeness (QED) is 0.825. The molecular weight excluding hydrogens is 308 g/mol. The van der Waals surface area contributed by atoms with Crippen molar-refractivity contribution in [3.05, 3.63) is 59.8 Å². The fraction of sp³-hybridized carbons (Fsp3) is 0.278. The fourth-order valence-corrected chi connectivity index (χ4v) is 2.06. The van der Waals surface area contributed by atoms with Crippen LogP contribution in [0.1, 0.15) is 35.8 Å². The highest BCUT2D eigenvalue weighted by Crippen LogP contribution is 2.12. The number of pyridine rings is 1. The van der Waals surface area contributed by atoms with Crippen molar-refractivity contribution in [2.45, 2.75) is 26.0 Å². The van der Waals surface area contributed by atoms with E-state index in [9.17, 15) is 9.59 Å². The summed E-state index contributed by atoms with van der Waals surface area (Å²) in [5, 5.41) is 2.82. The Kier molecular flexibility index (Phi) is 5.89. The Morgan fingerprint density at radius 1 is 1.08 bits per heavy atom. The summed E-state index contributed by atoms with van der Waals surface area (Å²) in [6, 6.07) is 12.5. The first-order valence-corrected chi connectivity index (χ1v) is 7.57. The first kappa shape index (κ1) is 17.5. The Balaban J connectivity index is 1.91. The molecule has 0 aliphatic rings. The molecule has 0 spiro atoms. The minimum atomic E-state index is -0.911. The highest BCUT2D eigenvalue weighted by molar-refractivity contribution is 5.92. The first-order chi connectivity index (χ1) is 11.5. The molecule has 0 radical (unpaired) electrons. The van der Waals surface area contributed by atoms with Gasteiger partial charge in [-0.1, -0.05) is 30.3 Å². The predicted molar refractivity (Wildman–Crippen MR) is 88.7 cm³/mol.